The summed E-state index contributed by atoms with van der Waals surface area (Å²) >= 11 is 1.62. The van der Waals surface area contributed by atoms with Gasteiger partial charge in [0.25, 0.3) is 0 Å². The molecule has 0 aliphatic rings. The van der Waals surface area contributed by atoms with Gasteiger partial charge in [0.2, 0.25) is 5.91 Å². The quantitative estimate of drug-likeness (QED) is 0.847. The van der Waals surface area contributed by atoms with Crippen LogP contribution in [0.15, 0.2) is 47.8 Å². The van der Waals surface area contributed by atoms with E-state index in [2.05, 4.69) is 6.07 Å². The molecule has 0 saturated carbocycles. The maximum atomic E-state index is 12.3. The normalized spacial score (nSPS) is 11.6. The van der Waals surface area contributed by atoms with Gasteiger partial charge in [0.05, 0.1) is 12.6 Å². The number of carbonyl (C=O) groups excluding carboxylic acids is 1. The molecule has 0 aliphatic heterocycles. The average Bonchev–Trinajstić information content (AvgIpc) is 2.98. The second kappa shape index (κ2) is 6.88. The van der Waals surface area contributed by atoms with E-state index < -0.39 is 5.92 Å². The third-order valence-electron chi connectivity index (χ3n) is 3.09. The maximum absolute atomic E-state index is 12.3. The van der Waals surface area contributed by atoms with E-state index in [1.807, 2.05) is 47.8 Å². The molecule has 1 heterocycles. The van der Waals surface area contributed by atoms with Crippen LogP contribution in [0.4, 0.5) is 0 Å². The Hall–Kier alpha value is -2.12. The summed E-state index contributed by atoms with van der Waals surface area (Å²) in [6, 6.07) is 15.7. The van der Waals surface area contributed by atoms with Gasteiger partial charge in [-0.25, -0.2) is 0 Å². The predicted octanol–water partition coefficient (Wildman–Crippen LogP) is 3.09. The number of rotatable bonds is 5. The van der Waals surface area contributed by atoms with Crippen molar-refractivity contribution in [3.63, 3.8) is 0 Å². The Morgan fingerprint density at radius 1 is 1.30 bits per heavy atom. The number of nitriles is 1. The van der Waals surface area contributed by atoms with Crippen molar-refractivity contribution in [3.8, 4) is 6.07 Å². The van der Waals surface area contributed by atoms with Gasteiger partial charge in [-0.15, -0.1) is 11.3 Å². The van der Waals surface area contributed by atoms with E-state index in [1.165, 1.54) is 0 Å². The first kappa shape index (κ1) is 14.3. The fourth-order valence-electron chi connectivity index (χ4n) is 2.02. The maximum Gasteiger partial charge on any atom is 0.240 e. The lowest BCUT2D eigenvalue weighted by molar-refractivity contribution is -0.132. The van der Waals surface area contributed by atoms with Crippen molar-refractivity contribution in [3.05, 3.63) is 58.3 Å². The molecule has 0 spiro atoms. The molecule has 0 aliphatic carbocycles. The van der Waals surface area contributed by atoms with Crippen molar-refractivity contribution in [2.45, 2.75) is 13.0 Å². The van der Waals surface area contributed by atoms with Gasteiger partial charge in [0.15, 0.2) is 0 Å². The molecule has 1 unspecified atom stereocenters. The van der Waals surface area contributed by atoms with Crippen LogP contribution in [0.25, 0.3) is 0 Å². The summed E-state index contributed by atoms with van der Waals surface area (Å²) in [5.41, 5.74) is 1.01. The number of hydrogen-bond donors (Lipinski definition) is 0. The van der Waals surface area contributed by atoms with Gasteiger partial charge in [-0.2, -0.15) is 5.26 Å². The lowest BCUT2D eigenvalue weighted by Gasteiger charge is -2.19. The summed E-state index contributed by atoms with van der Waals surface area (Å²) in [5, 5.41) is 11.2. The molecule has 0 radical (unpaired) electrons. The van der Waals surface area contributed by atoms with Crippen LogP contribution in [0.3, 0.4) is 0 Å². The highest BCUT2D eigenvalue weighted by Gasteiger charge is 2.22. The number of benzene rings is 1. The van der Waals surface area contributed by atoms with E-state index in [9.17, 15) is 10.1 Å². The molecule has 102 valence electrons. The van der Waals surface area contributed by atoms with Gasteiger partial charge in [-0.1, -0.05) is 36.4 Å². The molecule has 4 heteroatoms. The summed E-state index contributed by atoms with van der Waals surface area (Å²) < 4.78 is 0. The average molecular weight is 284 g/mol. The molecule has 3 nitrogen and oxygen atoms in total. The van der Waals surface area contributed by atoms with Crippen LogP contribution < -0.4 is 0 Å². The minimum Gasteiger partial charge on any atom is -0.339 e. The first-order valence-corrected chi connectivity index (χ1v) is 7.29. The Morgan fingerprint density at radius 2 is 2.05 bits per heavy atom. The fraction of sp³-hybridized carbons (Fsp3) is 0.250. The standard InChI is InChI=1S/C16H16N2OS/c1-18(12-15-8-5-9-20-15)16(19)14(11-17)10-13-6-3-2-4-7-13/h2-9,14H,10,12H2,1H3. The van der Waals surface area contributed by atoms with Gasteiger partial charge >= 0.3 is 0 Å². The van der Waals surface area contributed by atoms with Gasteiger partial charge in [-0.05, 0) is 23.4 Å². The van der Waals surface area contributed by atoms with E-state index in [0.717, 1.165) is 10.4 Å². The minimum absolute atomic E-state index is 0.121. The zero-order valence-electron chi connectivity index (χ0n) is 11.3. The van der Waals surface area contributed by atoms with Gasteiger partial charge < -0.3 is 4.90 Å². The number of thiophene rings is 1. The minimum atomic E-state index is -0.623. The second-order valence-electron chi connectivity index (χ2n) is 4.65. The van der Waals surface area contributed by atoms with Crippen LogP contribution in [0.1, 0.15) is 10.4 Å². The van der Waals surface area contributed by atoms with Crippen LogP contribution in [-0.4, -0.2) is 17.9 Å². The highest BCUT2D eigenvalue weighted by Crippen LogP contribution is 2.15. The van der Waals surface area contributed by atoms with Crippen LogP contribution in [0.2, 0.25) is 0 Å². The molecule has 0 bridgehead atoms. The van der Waals surface area contributed by atoms with Crippen molar-refractivity contribution in [2.24, 2.45) is 5.92 Å². The molecule has 0 N–H and O–H groups in total. The molecule has 20 heavy (non-hydrogen) atoms. The second-order valence-corrected chi connectivity index (χ2v) is 5.68. The molecule has 0 saturated heterocycles. The van der Waals surface area contributed by atoms with Gasteiger partial charge in [-0.3, -0.25) is 4.79 Å². The monoisotopic (exact) mass is 284 g/mol. The summed E-state index contributed by atoms with van der Waals surface area (Å²) in [4.78, 5) is 15.1. The number of nitrogens with zero attached hydrogens (tertiary/aromatic N) is 2. The van der Waals surface area contributed by atoms with E-state index in [4.69, 9.17) is 0 Å². The van der Waals surface area contributed by atoms with Crippen molar-refractivity contribution in [1.29, 1.82) is 5.26 Å². The smallest absolute Gasteiger partial charge is 0.240 e. The van der Waals surface area contributed by atoms with E-state index in [1.54, 1.807) is 23.3 Å². The zero-order chi connectivity index (χ0) is 14.4. The summed E-state index contributed by atoms with van der Waals surface area (Å²) in [6.45, 7) is 0.559. The van der Waals surface area contributed by atoms with E-state index in [0.29, 0.717) is 13.0 Å². The fourth-order valence-corrected chi connectivity index (χ4v) is 2.78. The van der Waals surface area contributed by atoms with Gasteiger partial charge in [0.1, 0.15) is 5.92 Å². The molecule has 1 aromatic carbocycles. The number of hydrogen-bond acceptors (Lipinski definition) is 3. The lowest BCUT2D eigenvalue weighted by Crippen LogP contribution is -2.32. The topological polar surface area (TPSA) is 44.1 Å². The predicted molar refractivity (Wildman–Crippen MR) is 80.0 cm³/mol. The Bertz CT molecular complexity index is 587. The summed E-state index contributed by atoms with van der Waals surface area (Å²) in [7, 11) is 1.75. The largest absolute Gasteiger partial charge is 0.339 e. The molecule has 0 fully saturated rings. The first-order chi connectivity index (χ1) is 9.70. The third kappa shape index (κ3) is 3.69. The zero-order valence-corrected chi connectivity index (χ0v) is 12.1. The Morgan fingerprint density at radius 3 is 2.65 bits per heavy atom. The van der Waals surface area contributed by atoms with Crippen LogP contribution >= 0.6 is 11.3 Å². The van der Waals surface area contributed by atoms with E-state index in [-0.39, 0.29) is 5.91 Å². The molecule has 1 atom stereocenters. The Labute approximate surface area is 123 Å². The molecule has 2 aromatic rings. The highest BCUT2D eigenvalue weighted by atomic mass is 32.1. The van der Waals surface area contributed by atoms with Crippen LogP contribution in [0, 0.1) is 17.2 Å². The highest BCUT2D eigenvalue weighted by molar-refractivity contribution is 7.09. The van der Waals surface area contributed by atoms with Crippen molar-refractivity contribution in [2.75, 3.05) is 7.05 Å². The van der Waals surface area contributed by atoms with E-state index >= 15 is 0 Å². The molecule has 1 amide bonds. The van der Waals surface area contributed by atoms with Crippen LogP contribution in [-0.2, 0) is 17.8 Å². The molecular weight excluding hydrogens is 268 g/mol. The molecular formula is C16H16N2OS. The van der Waals surface area contributed by atoms with Crippen molar-refractivity contribution in [1.82, 2.24) is 4.90 Å². The first-order valence-electron chi connectivity index (χ1n) is 6.41. The van der Waals surface area contributed by atoms with Crippen molar-refractivity contribution < 1.29 is 4.79 Å². The Kier molecular flexibility index (Phi) is 4.91. The number of carbonyl (C=O) groups is 1. The summed E-state index contributed by atoms with van der Waals surface area (Å²) in [6.07, 6.45) is 0.463. The molecule has 2 rings (SSSR count). The lowest BCUT2D eigenvalue weighted by atomic mass is 9.99. The van der Waals surface area contributed by atoms with Gasteiger partial charge in [0, 0.05) is 11.9 Å². The molecule has 1 aromatic heterocycles. The third-order valence-corrected chi connectivity index (χ3v) is 3.95. The van der Waals surface area contributed by atoms with Crippen LogP contribution in [0.5, 0.6) is 0 Å². The summed E-state index contributed by atoms with van der Waals surface area (Å²) in [5.74, 6) is -0.743. The SMILES string of the molecule is CN(Cc1cccs1)C(=O)C(C#N)Cc1ccccc1. The number of amides is 1. The Balaban J connectivity index is 2.00. The van der Waals surface area contributed by atoms with Crippen molar-refractivity contribution >= 4 is 17.2 Å².